The second-order valence-electron chi connectivity index (χ2n) is 5.59. The number of rotatable bonds is 6. The standard InChI is InChI=1S/C20H16ClIN2O4/c1-12-15(21)4-3-5-17(12)24-20(26)14(10-23)8-13-6-7-18(16(22)9-13)28-11-19(25)27-2/h3-9H,11H2,1-2H3,(H,24,26)/b14-8-. The topological polar surface area (TPSA) is 88.4 Å². The molecule has 0 heterocycles. The van der Waals surface area contributed by atoms with Crippen LogP contribution in [0.3, 0.4) is 0 Å². The molecule has 8 heteroatoms. The summed E-state index contributed by atoms with van der Waals surface area (Å²) < 4.78 is 10.6. The number of benzene rings is 2. The minimum Gasteiger partial charge on any atom is -0.481 e. The number of carbonyl (C=O) groups is 2. The Kier molecular flexibility index (Phi) is 7.84. The first kappa shape index (κ1) is 21.7. The van der Waals surface area contributed by atoms with Crippen molar-refractivity contribution in [1.29, 1.82) is 5.26 Å². The van der Waals surface area contributed by atoms with E-state index in [2.05, 4.69) is 10.1 Å². The van der Waals surface area contributed by atoms with Crippen LogP contribution in [0.15, 0.2) is 42.0 Å². The molecule has 0 bridgehead atoms. The van der Waals surface area contributed by atoms with Gasteiger partial charge in [-0.25, -0.2) is 4.79 Å². The maximum atomic E-state index is 12.5. The summed E-state index contributed by atoms with van der Waals surface area (Å²) in [5.41, 5.74) is 1.85. The minimum absolute atomic E-state index is 0.0570. The number of nitrogens with zero attached hydrogens (tertiary/aromatic N) is 1. The Morgan fingerprint density at radius 3 is 2.71 bits per heavy atom. The molecular weight excluding hydrogens is 495 g/mol. The van der Waals surface area contributed by atoms with Gasteiger partial charge in [-0.05, 0) is 71.0 Å². The van der Waals surface area contributed by atoms with Gasteiger partial charge in [0, 0.05) is 10.7 Å². The molecule has 0 saturated carbocycles. The average Bonchev–Trinajstić information content (AvgIpc) is 2.68. The van der Waals surface area contributed by atoms with E-state index in [0.717, 1.165) is 9.13 Å². The van der Waals surface area contributed by atoms with E-state index in [4.69, 9.17) is 16.3 Å². The predicted octanol–water partition coefficient (Wildman–Crippen LogP) is 4.35. The molecule has 0 aliphatic rings. The van der Waals surface area contributed by atoms with Gasteiger partial charge in [0.2, 0.25) is 0 Å². The van der Waals surface area contributed by atoms with Gasteiger partial charge in [-0.2, -0.15) is 5.26 Å². The molecule has 28 heavy (non-hydrogen) atoms. The van der Waals surface area contributed by atoms with Crippen LogP contribution < -0.4 is 10.1 Å². The molecule has 144 valence electrons. The molecule has 6 nitrogen and oxygen atoms in total. The van der Waals surface area contributed by atoms with Crippen LogP contribution in [0.2, 0.25) is 5.02 Å². The first-order valence-corrected chi connectivity index (χ1v) is 9.48. The number of ether oxygens (including phenoxy) is 2. The van der Waals surface area contributed by atoms with Gasteiger partial charge in [0.05, 0.1) is 10.7 Å². The third-order valence-corrected chi connectivity index (χ3v) is 4.97. The summed E-state index contributed by atoms with van der Waals surface area (Å²) in [5.74, 6) is -0.519. The fourth-order valence-electron chi connectivity index (χ4n) is 2.17. The molecule has 0 spiro atoms. The Morgan fingerprint density at radius 1 is 1.32 bits per heavy atom. The van der Waals surface area contributed by atoms with Crippen LogP contribution in [0.1, 0.15) is 11.1 Å². The smallest absolute Gasteiger partial charge is 0.343 e. The van der Waals surface area contributed by atoms with Crippen LogP contribution in [0.4, 0.5) is 5.69 Å². The fourth-order valence-corrected chi connectivity index (χ4v) is 3.04. The van der Waals surface area contributed by atoms with Crippen LogP contribution in [-0.4, -0.2) is 25.6 Å². The quantitative estimate of drug-likeness (QED) is 0.270. The molecule has 0 atom stereocenters. The van der Waals surface area contributed by atoms with E-state index < -0.39 is 11.9 Å². The van der Waals surface area contributed by atoms with Gasteiger partial charge in [0.15, 0.2) is 6.61 Å². The number of hydrogen-bond acceptors (Lipinski definition) is 5. The van der Waals surface area contributed by atoms with Crippen LogP contribution in [0.5, 0.6) is 5.75 Å². The molecule has 0 radical (unpaired) electrons. The zero-order chi connectivity index (χ0) is 20.7. The number of esters is 1. The average molecular weight is 511 g/mol. The number of amides is 1. The maximum absolute atomic E-state index is 12.5. The summed E-state index contributed by atoms with van der Waals surface area (Å²) in [4.78, 5) is 23.6. The highest BCUT2D eigenvalue weighted by Gasteiger charge is 2.13. The molecular formula is C20H16ClIN2O4. The van der Waals surface area contributed by atoms with Crippen LogP contribution in [-0.2, 0) is 14.3 Å². The van der Waals surface area contributed by atoms with Gasteiger partial charge in [0.1, 0.15) is 17.4 Å². The number of nitrogens with one attached hydrogen (secondary N) is 1. The highest BCUT2D eigenvalue weighted by molar-refractivity contribution is 14.1. The number of anilines is 1. The first-order chi connectivity index (χ1) is 13.3. The van der Waals surface area contributed by atoms with Crippen molar-refractivity contribution in [2.45, 2.75) is 6.92 Å². The lowest BCUT2D eigenvalue weighted by molar-refractivity contribution is -0.142. The predicted molar refractivity (Wildman–Crippen MR) is 115 cm³/mol. The third kappa shape index (κ3) is 5.71. The SMILES string of the molecule is COC(=O)COc1ccc(/C=C(/C#N)C(=O)Nc2cccc(Cl)c2C)cc1I. The van der Waals surface area contributed by atoms with Gasteiger partial charge in [-0.1, -0.05) is 23.7 Å². The lowest BCUT2D eigenvalue weighted by Gasteiger charge is -2.09. The number of carbonyl (C=O) groups excluding carboxylic acids is 2. The zero-order valence-electron chi connectivity index (χ0n) is 15.1. The second kappa shape index (κ2) is 10.1. The summed E-state index contributed by atoms with van der Waals surface area (Å²) in [6, 6.07) is 12.1. The molecule has 1 N–H and O–H groups in total. The Bertz CT molecular complexity index is 983. The monoisotopic (exact) mass is 510 g/mol. The zero-order valence-corrected chi connectivity index (χ0v) is 18.0. The Morgan fingerprint density at radius 2 is 2.07 bits per heavy atom. The maximum Gasteiger partial charge on any atom is 0.343 e. The van der Waals surface area contributed by atoms with E-state index in [0.29, 0.717) is 22.0 Å². The van der Waals surface area contributed by atoms with Gasteiger partial charge in [-0.15, -0.1) is 0 Å². The number of nitriles is 1. The van der Waals surface area contributed by atoms with Crippen molar-refractivity contribution in [3.05, 3.63) is 61.7 Å². The van der Waals surface area contributed by atoms with Crippen molar-refractivity contribution in [2.24, 2.45) is 0 Å². The van der Waals surface area contributed by atoms with Gasteiger partial charge in [-0.3, -0.25) is 4.79 Å². The van der Waals surface area contributed by atoms with Crippen LogP contribution in [0.25, 0.3) is 6.08 Å². The van der Waals surface area contributed by atoms with Gasteiger partial charge in [0.25, 0.3) is 5.91 Å². The number of methoxy groups -OCH3 is 1. The molecule has 0 saturated heterocycles. The van der Waals surface area contributed by atoms with E-state index in [9.17, 15) is 14.9 Å². The largest absolute Gasteiger partial charge is 0.481 e. The molecule has 2 aromatic rings. The Balaban J connectivity index is 2.18. The van der Waals surface area contributed by atoms with E-state index in [1.54, 1.807) is 43.3 Å². The van der Waals surface area contributed by atoms with E-state index in [1.807, 2.05) is 28.7 Å². The minimum atomic E-state index is -0.533. The summed E-state index contributed by atoms with van der Waals surface area (Å²) in [7, 11) is 1.28. The molecule has 1 amide bonds. The molecule has 2 aromatic carbocycles. The molecule has 2 rings (SSSR count). The van der Waals surface area contributed by atoms with E-state index >= 15 is 0 Å². The van der Waals surface area contributed by atoms with Crippen molar-refractivity contribution in [3.8, 4) is 11.8 Å². The van der Waals surface area contributed by atoms with E-state index in [-0.39, 0.29) is 12.2 Å². The summed E-state index contributed by atoms with van der Waals surface area (Å²) in [6.45, 7) is 1.58. The molecule has 0 aromatic heterocycles. The highest BCUT2D eigenvalue weighted by Crippen LogP contribution is 2.25. The third-order valence-electron chi connectivity index (χ3n) is 3.72. The second-order valence-corrected chi connectivity index (χ2v) is 7.16. The van der Waals surface area contributed by atoms with Crippen molar-refractivity contribution in [2.75, 3.05) is 19.0 Å². The Hall–Kier alpha value is -2.57. The van der Waals surface area contributed by atoms with Crippen LogP contribution >= 0.6 is 34.2 Å². The van der Waals surface area contributed by atoms with Crippen LogP contribution in [0, 0.1) is 21.8 Å². The lowest BCUT2D eigenvalue weighted by Crippen LogP contribution is -2.14. The van der Waals surface area contributed by atoms with Crippen molar-refractivity contribution < 1.29 is 19.1 Å². The van der Waals surface area contributed by atoms with E-state index in [1.165, 1.54) is 13.2 Å². The summed E-state index contributed by atoms with van der Waals surface area (Å²) in [6.07, 6.45) is 1.47. The van der Waals surface area contributed by atoms with Gasteiger partial charge >= 0.3 is 5.97 Å². The lowest BCUT2D eigenvalue weighted by atomic mass is 10.1. The molecule has 0 unspecified atom stereocenters. The first-order valence-electron chi connectivity index (χ1n) is 8.03. The molecule has 0 aliphatic carbocycles. The fraction of sp³-hybridized carbons (Fsp3) is 0.150. The summed E-state index contributed by atoms with van der Waals surface area (Å²) >= 11 is 8.10. The Labute approximate surface area is 181 Å². The normalized spacial score (nSPS) is 10.8. The molecule has 0 fully saturated rings. The number of halogens is 2. The molecule has 0 aliphatic heterocycles. The van der Waals surface area contributed by atoms with Crippen molar-refractivity contribution in [1.82, 2.24) is 0 Å². The number of hydrogen-bond donors (Lipinski definition) is 1. The highest BCUT2D eigenvalue weighted by atomic mass is 127. The summed E-state index contributed by atoms with van der Waals surface area (Å²) in [5, 5.41) is 12.6. The van der Waals surface area contributed by atoms with Gasteiger partial charge < -0.3 is 14.8 Å². The van der Waals surface area contributed by atoms with Crippen molar-refractivity contribution in [3.63, 3.8) is 0 Å². The van der Waals surface area contributed by atoms with Crippen molar-refractivity contribution >= 4 is 57.8 Å².